The van der Waals surface area contributed by atoms with E-state index in [-0.39, 0.29) is 11.7 Å². The molecule has 0 radical (unpaired) electrons. The SMILES string of the molecule is O=C(NCCN1CCOCC1)c1ccc(-n2c(-c3ccc(F)cc3)cc3c2CCCCC3)cc1. The van der Waals surface area contributed by atoms with Crippen molar-refractivity contribution in [1.29, 1.82) is 0 Å². The molecular formula is C28H32FN3O2. The van der Waals surface area contributed by atoms with E-state index in [4.69, 9.17) is 4.74 Å². The van der Waals surface area contributed by atoms with Gasteiger partial charge >= 0.3 is 0 Å². The molecule has 0 unspecified atom stereocenters. The van der Waals surface area contributed by atoms with Gasteiger partial charge in [-0.15, -0.1) is 0 Å². The fraction of sp³-hybridized carbons (Fsp3) is 0.393. The summed E-state index contributed by atoms with van der Waals surface area (Å²) in [4.78, 5) is 15.0. The molecule has 3 aromatic rings. The van der Waals surface area contributed by atoms with Crippen LogP contribution in [0.1, 0.15) is 40.9 Å². The molecule has 0 saturated carbocycles. The van der Waals surface area contributed by atoms with Crippen molar-refractivity contribution in [3.8, 4) is 16.9 Å². The van der Waals surface area contributed by atoms with Crippen LogP contribution in [0.3, 0.4) is 0 Å². The van der Waals surface area contributed by atoms with Crippen LogP contribution in [-0.2, 0) is 17.6 Å². The Hall–Kier alpha value is -2.96. The molecule has 178 valence electrons. The third kappa shape index (κ3) is 5.08. The highest BCUT2D eigenvalue weighted by molar-refractivity contribution is 5.94. The van der Waals surface area contributed by atoms with Gasteiger partial charge in [-0.2, -0.15) is 0 Å². The van der Waals surface area contributed by atoms with Crippen LogP contribution < -0.4 is 5.32 Å². The van der Waals surface area contributed by atoms with Crippen molar-refractivity contribution in [1.82, 2.24) is 14.8 Å². The zero-order valence-corrected chi connectivity index (χ0v) is 19.6. The number of aryl methyl sites for hydroxylation is 1. The van der Waals surface area contributed by atoms with Gasteiger partial charge in [-0.25, -0.2) is 4.39 Å². The van der Waals surface area contributed by atoms with Gasteiger partial charge in [0.05, 0.1) is 18.9 Å². The first-order valence-corrected chi connectivity index (χ1v) is 12.4. The van der Waals surface area contributed by atoms with E-state index in [2.05, 4.69) is 20.9 Å². The highest BCUT2D eigenvalue weighted by Crippen LogP contribution is 2.33. The van der Waals surface area contributed by atoms with Gasteiger partial charge in [0, 0.05) is 43.1 Å². The van der Waals surface area contributed by atoms with Gasteiger partial charge in [0.25, 0.3) is 5.91 Å². The Morgan fingerprint density at radius 3 is 2.44 bits per heavy atom. The monoisotopic (exact) mass is 461 g/mol. The van der Waals surface area contributed by atoms with E-state index in [1.807, 2.05) is 36.4 Å². The molecule has 1 fully saturated rings. The molecule has 1 aromatic heterocycles. The van der Waals surface area contributed by atoms with Crippen molar-refractivity contribution in [3.63, 3.8) is 0 Å². The fourth-order valence-electron chi connectivity index (χ4n) is 5.02. The second-order valence-corrected chi connectivity index (χ2v) is 9.16. The van der Waals surface area contributed by atoms with E-state index in [9.17, 15) is 9.18 Å². The Kier molecular flexibility index (Phi) is 7.07. The summed E-state index contributed by atoms with van der Waals surface area (Å²) in [7, 11) is 0. The van der Waals surface area contributed by atoms with Crippen LogP contribution in [-0.4, -0.2) is 54.8 Å². The lowest BCUT2D eigenvalue weighted by Crippen LogP contribution is -2.41. The van der Waals surface area contributed by atoms with Crippen LogP contribution >= 0.6 is 0 Å². The minimum atomic E-state index is -0.229. The maximum Gasteiger partial charge on any atom is 0.251 e. The van der Waals surface area contributed by atoms with Gasteiger partial charge < -0.3 is 14.6 Å². The zero-order valence-electron chi connectivity index (χ0n) is 19.6. The summed E-state index contributed by atoms with van der Waals surface area (Å²) in [5.74, 6) is -0.280. The predicted molar refractivity (Wildman–Crippen MR) is 132 cm³/mol. The average molecular weight is 462 g/mol. The first-order valence-electron chi connectivity index (χ1n) is 12.4. The first kappa shape index (κ1) is 22.8. The van der Waals surface area contributed by atoms with Crippen molar-refractivity contribution in [2.75, 3.05) is 39.4 Å². The number of halogens is 1. The summed E-state index contributed by atoms with van der Waals surface area (Å²) in [6, 6.07) is 16.8. The summed E-state index contributed by atoms with van der Waals surface area (Å²) < 4.78 is 21.2. The topological polar surface area (TPSA) is 46.5 Å². The fourth-order valence-corrected chi connectivity index (χ4v) is 5.02. The minimum Gasteiger partial charge on any atom is -0.379 e. The maximum atomic E-state index is 13.6. The molecule has 5 rings (SSSR count). The largest absolute Gasteiger partial charge is 0.379 e. The van der Waals surface area contributed by atoms with Gasteiger partial charge in [-0.1, -0.05) is 6.42 Å². The molecule has 2 heterocycles. The smallest absolute Gasteiger partial charge is 0.251 e. The van der Waals surface area contributed by atoms with Gasteiger partial charge in [0.15, 0.2) is 0 Å². The molecule has 0 atom stereocenters. The number of ether oxygens (including phenoxy) is 1. The van der Waals surface area contributed by atoms with Crippen LogP contribution in [0.4, 0.5) is 4.39 Å². The number of aromatic nitrogens is 1. The molecule has 1 aliphatic heterocycles. The standard InChI is InChI=1S/C28H32FN3O2/c29-24-10-6-21(7-11-24)27-20-23-4-2-1-3-5-26(23)32(27)25-12-8-22(9-13-25)28(33)30-14-15-31-16-18-34-19-17-31/h6-13,20H,1-5,14-19H2,(H,30,33). The molecule has 5 nitrogen and oxygen atoms in total. The Bertz CT molecular complexity index is 1120. The molecule has 1 saturated heterocycles. The summed E-state index contributed by atoms with van der Waals surface area (Å²) in [6.07, 6.45) is 5.71. The third-order valence-electron chi connectivity index (χ3n) is 6.90. The second-order valence-electron chi connectivity index (χ2n) is 9.16. The van der Waals surface area contributed by atoms with E-state index in [1.54, 1.807) is 0 Å². The lowest BCUT2D eigenvalue weighted by atomic mass is 10.1. The maximum absolute atomic E-state index is 13.6. The Morgan fingerprint density at radius 2 is 1.68 bits per heavy atom. The van der Waals surface area contributed by atoms with Gasteiger partial charge in [0.1, 0.15) is 5.82 Å². The number of carbonyl (C=O) groups excluding carboxylic acids is 1. The van der Waals surface area contributed by atoms with Crippen molar-refractivity contribution in [2.24, 2.45) is 0 Å². The number of fused-ring (bicyclic) bond motifs is 1. The number of morpholine rings is 1. The van der Waals surface area contributed by atoms with E-state index in [1.165, 1.54) is 42.7 Å². The van der Waals surface area contributed by atoms with E-state index >= 15 is 0 Å². The van der Waals surface area contributed by atoms with Crippen molar-refractivity contribution < 1.29 is 13.9 Å². The molecule has 34 heavy (non-hydrogen) atoms. The second kappa shape index (κ2) is 10.5. The lowest BCUT2D eigenvalue weighted by Gasteiger charge is -2.26. The number of rotatable bonds is 6. The number of benzene rings is 2. The van der Waals surface area contributed by atoms with Gasteiger partial charge in [-0.05, 0) is 91.4 Å². The van der Waals surface area contributed by atoms with Gasteiger partial charge in [-0.3, -0.25) is 9.69 Å². The molecule has 2 aliphatic rings. The molecule has 2 aromatic carbocycles. The number of hydrogen-bond donors (Lipinski definition) is 1. The van der Waals surface area contributed by atoms with Gasteiger partial charge in [0.2, 0.25) is 0 Å². The summed E-state index contributed by atoms with van der Waals surface area (Å²) in [5, 5.41) is 3.04. The number of nitrogens with zero attached hydrogens (tertiary/aromatic N) is 2. The highest BCUT2D eigenvalue weighted by Gasteiger charge is 2.20. The Balaban J connectivity index is 1.36. The molecule has 0 bridgehead atoms. The van der Waals surface area contributed by atoms with E-state index in [0.29, 0.717) is 12.1 Å². The number of amides is 1. The van der Waals surface area contributed by atoms with Crippen LogP contribution in [0, 0.1) is 5.82 Å². The number of hydrogen-bond acceptors (Lipinski definition) is 3. The molecule has 1 aliphatic carbocycles. The lowest BCUT2D eigenvalue weighted by molar-refractivity contribution is 0.0383. The molecule has 6 heteroatoms. The highest BCUT2D eigenvalue weighted by atomic mass is 19.1. The third-order valence-corrected chi connectivity index (χ3v) is 6.90. The summed E-state index contributed by atoms with van der Waals surface area (Å²) >= 11 is 0. The minimum absolute atomic E-state index is 0.0510. The molecule has 1 N–H and O–H groups in total. The number of nitrogens with one attached hydrogen (secondary N) is 1. The van der Waals surface area contributed by atoms with E-state index in [0.717, 1.165) is 62.6 Å². The van der Waals surface area contributed by atoms with Crippen LogP contribution in [0.15, 0.2) is 54.6 Å². The molecular weight excluding hydrogens is 429 g/mol. The molecule has 0 spiro atoms. The van der Waals surface area contributed by atoms with Crippen LogP contribution in [0.25, 0.3) is 16.9 Å². The normalized spacial score (nSPS) is 16.6. The predicted octanol–water partition coefficient (Wildman–Crippen LogP) is 4.61. The van der Waals surface area contributed by atoms with Crippen molar-refractivity contribution in [3.05, 3.63) is 77.2 Å². The Labute approximate surface area is 200 Å². The summed E-state index contributed by atoms with van der Waals surface area (Å²) in [5.41, 5.74) is 6.48. The quantitative estimate of drug-likeness (QED) is 0.545. The first-order chi connectivity index (χ1) is 16.7. The van der Waals surface area contributed by atoms with E-state index < -0.39 is 0 Å². The summed E-state index contributed by atoms with van der Waals surface area (Å²) in [6.45, 7) is 4.82. The van der Waals surface area contributed by atoms with Crippen molar-refractivity contribution >= 4 is 5.91 Å². The van der Waals surface area contributed by atoms with Crippen LogP contribution in [0.5, 0.6) is 0 Å². The van der Waals surface area contributed by atoms with Crippen molar-refractivity contribution in [2.45, 2.75) is 32.1 Å². The zero-order chi connectivity index (χ0) is 23.3. The van der Waals surface area contributed by atoms with Crippen LogP contribution in [0.2, 0.25) is 0 Å². The Morgan fingerprint density at radius 1 is 0.941 bits per heavy atom. The number of carbonyl (C=O) groups is 1. The molecule has 1 amide bonds. The average Bonchev–Trinajstić information content (AvgIpc) is 3.07.